The highest BCUT2D eigenvalue weighted by Crippen LogP contribution is 2.37. The number of benzene rings is 2. The third-order valence-electron chi connectivity index (χ3n) is 7.63. The van der Waals surface area contributed by atoms with Crippen LogP contribution in [0.3, 0.4) is 0 Å². The van der Waals surface area contributed by atoms with Gasteiger partial charge in [0.2, 0.25) is 5.88 Å². The van der Waals surface area contributed by atoms with Crippen molar-refractivity contribution in [2.24, 2.45) is 0 Å². The van der Waals surface area contributed by atoms with Crippen molar-refractivity contribution in [1.82, 2.24) is 19.5 Å². The largest absolute Gasteiger partial charge is 0.439 e. The van der Waals surface area contributed by atoms with Crippen LogP contribution in [0.15, 0.2) is 85.3 Å². The van der Waals surface area contributed by atoms with Crippen LogP contribution in [0.25, 0.3) is 27.6 Å². The van der Waals surface area contributed by atoms with E-state index in [1.165, 1.54) is 11.1 Å². The van der Waals surface area contributed by atoms with Crippen molar-refractivity contribution in [1.29, 1.82) is 0 Å². The van der Waals surface area contributed by atoms with Gasteiger partial charge < -0.3 is 4.74 Å². The summed E-state index contributed by atoms with van der Waals surface area (Å²) in [5, 5.41) is 6.54. The quantitative estimate of drug-likeness (QED) is 0.234. The van der Waals surface area contributed by atoms with E-state index in [-0.39, 0.29) is 10.8 Å². The Hall–Kier alpha value is -4.32. The Balaban J connectivity index is 1.48. The number of nitrogens with zero attached hydrogens (tertiary/aromatic N) is 5. The summed E-state index contributed by atoms with van der Waals surface area (Å²) in [4.78, 5) is 9.55. The number of anilines is 1. The van der Waals surface area contributed by atoms with E-state index in [0.717, 1.165) is 45.6 Å². The maximum Gasteiger partial charge on any atom is 0.221 e. The zero-order valence-corrected chi connectivity index (χ0v) is 24.4. The van der Waals surface area contributed by atoms with Crippen molar-refractivity contribution in [3.05, 3.63) is 96.5 Å². The first kappa shape index (κ1) is 25.9. The van der Waals surface area contributed by atoms with Gasteiger partial charge in [-0.15, -0.1) is 0 Å². The minimum absolute atomic E-state index is 0.0149. The minimum Gasteiger partial charge on any atom is -0.439 e. The Labute approximate surface area is 236 Å². The lowest BCUT2D eigenvalue weighted by atomic mass is 9.86. The molecule has 0 saturated heterocycles. The fraction of sp³-hybridized carbons (Fsp3) is 0.294. The number of hydrogen-bond acceptors (Lipinski definition) is 5. The van der Waals surface area contributed by atoms with Gasteiger partial charge in [0.1, 0.15) is 11.6 Å². The Bertz CT molecular complexity index is 1750. The second-order valence-corrected chi connectivity index (χ2v) is 12.7. The molecule has 0 fully saturated rings. The van der Waals surface area contributed by atoms with Gasteiger partial charge in [0, 0.05) is 48.5 Å². The van der Waals surface area contributed by atoms with Crippen LogP contribution in [0.4, 0.5) is 5.69 Å². The highest BCUT2D eigenvalue weighted by atomic mass is 16.5. The van der Waals surface area contributed by atoms with Crippen LogP contribution in [0.2, 0.25) is 0 Å². The molecule has 5 aromatic rings. The number of fused-ring (bicyclic) bond motifs is 3. The highest BCUT2D eigenvalue weighted by molar-refractivity contribution is 6.09. The molecule has 0 bridgehead atoms. The first-order chi connectivity index (χ1) is 19.0. The smallest absolute Gasteiger partial charge is 0.221 e. The molecule has 0 unspecified atom stereocenters. The Morgan fingerprint density at radius 1 is 0.775 bits per heavy atom. The maximum atomic E-state index is 6.51. The van der Waals surface area contributed by atoms with Gasteiger partial charge in [0.25, 0.3) is 0 Å². The second-order valence-electron chi connectivity index (χ2n) is 12.7. The van der Waals surface area contributed by atoms with Crippen LogP contribution < -0.4 is 9.75 Å². The van der Waals surface area contributed by atoms with E-state index in [1.807, 2.05) is 18.5 Å². The van der Waals surface area contributed by atoms with Crippen molar-refractivity contribution in [2.45, 2.75) is 52.4 Å². The van der Waals surface area contributed by atoms with Crippen LogP contribution in [-0.4, -0.2) is 33.1 Å². The Kier molecular flexibility index (Phi) is 6.10. The van der Waals surface area contributed by atoms with Crippen molar-refractivity contribution in [2.75, 3.05) is 18.6 Å². The second kappa shape index (κ2) is 9.40. The topological polar surface area (TPSA) is 46.4 Å². The van der Waals surface area contributed by atoms with E-state index >= 15 is 0 Å². The number of hydrazine groups is 1. The molecule has 0 saturated carbocycles. The average molecular weight is 532 g/mol. The first-order valence-electron chi connectivity index (χ1n) is 13.9. The molecule has 0 radical (unpaired) electrons. The molecule has 0 aliphatic carbocycles. The molecule has 6 nitrogen and oxygen atoms in total. The number of pyridine rings is 2. The Morgan fingerprint density at radius 3 is 2.27 bits per heavy atom. The van der Waals surface area contributed by atoms with E-state index in [0.29, 0.717) is 5.88 Å². The summed E-state index contributed by atoms with van der Waals surface area (Å²) >= 11 is 0. The SMILES string of the molecule is CN1C=CCN1c1cc(Oc2cc3c(cn2)c2ccccc2n3-c2cc(C(C)(C)C)ccn2)cc(C(C)(C)C)c1. The fourth-order valence-electron chi connectivity index (χ4n) is 5.30. The molecule has 0 N–H and O–H groups in total. The van der Waals surface area contributed by atoms with E-state index in [2.05, 4.69) is 130 Å². The summed E-state index contributed by atoms with van der Waals surface area (Å²) in [5.74, 6) is 2.20. The average Bonchev–Trinajstić information content (AvgIpc) is 3.48. The molecular weight excluding hydrogens is 494 g/mol. The van der Waals surface area contributed by atoms with Gasteiger partial charge in [-0.2, -0.15) is 0 Å². The Morgan fingerprint density at radius 2 is 1.55 bits per heavy atom. The standard InChI is InChI=1S/C34H37N5O/c1-33(2,3)23-13-14-35-31(19-23)39-29-12-9-8-11-27(29)28-22-36-32(21-30(28)39)40-26-18-24(34(4,5)6)17-25(20-26)38-16-10-15-37(38)7/h8-15,17-22H,16H2,1-7H3. The van der Waals surface area contributed by atoms with Crippen LogP contribution >= 0.6 is 0 Å². The highest BCUT2D eigenvalue weighted by Gasteiger charge is 2.22. The predicted molar refractivity (Wildman–Crippen MR) is 165 cm³/mol. The van der Waals surface area contributed by atoms with Crippen LogP contribution in [-0.2, 0) is 10.8 Å². The van der Waals surface area contributed by atoms with Crippen molar-refractivity contribution in [3.8, 4) is 17.4 Å². The molecule has 0 amide bonds. The number of aromatic nitrogens is 3. The van der Waals surface area contributed by atoms with Crippen LogP contribution in [0.5, 0.6) is 11.6 Å². The van der Waals surface area contributed by atoms with Crippen molar-refractivity contribution in [3.63, 3.8) is 0 Å². The molecule has 1 aliphatic rings. The van der Waals surface area contributed by atoms with E-state index < -0.39 is 0 Å². The summed E-state index contributed by atoms with van der Waals surface area (Å²) in [6, 6.07) is 21.2. The van der Waals surface area contributed by atoms with Gasteiger partial charge in [-0.05, 0) is 58.4 Å². The summed E-state index contributed by atoms with van der Waals surface area (Å²) in [6.45, 7) is 14.2. The third-order valence-corrected chi connectivity index (χ3v) is 7.63. The van der Waals surface area contributed by atoms with Gasteiger partial charge in [-0.3, -0.25) is 14.6 Å². The summed E-state index contributed by atoms with van der Waals surface area (Å²) < 4.78 is 8.73. The van der Waals surface area contributed by atoms with Crippen molar-refractivity contribution < 1.29 is 4.74 Å². The van der Waals surface area contributed by atoms with Gasteiger partial charge in [-0.25, -0.2) is 9.97 Å². The third kappa shape index (κ3) is 4.68. The summed E-state index contributed by atoms with van der Waals surface area (Å²) in [5.41, 5.74) is 5.62. The molecule has 6 heteroatoms. The molecule has 1 aliphatic heterocycles. The molecule has 0 atom stereocenters. The van der Waals surface area contributed by atoms with Crippen LogP contribution in [0.1, 0.15) is 52.7 Å². The molecule has 204 valence electrons. The number of ether oxygens (including phenoxy) is 1. The van der Waals surface area contributed by atoms with Gasteiger partial charge >= 0.3 is 0 Å². The first-order valence-corrected chi connectivity index (χ1v) is 13.9. The van der Waals surface area contributed by atoms with Gasteiger partial charge in [0.15, 0.2) is 0 Å². The molecule has 40 heavy (non-hydrogen) atoms. The summed E-state index contributed by atoms with van der Waals surface area (Å²) in [6.07, 6.45) is 8.06. The molecular formula is C34H37N5O. The molecule has 0 spiro atoms. The lowest BCUT2D eigenvalue weighted by Gasteiger charge is -2.30. The monoisotopic (exact) mass is 531 g/mol. The van der Waals surface area contributed by atoms with E-state index in [9.17, 15) is 0 Å². The number of para-hydroxylation sites is 1. The fourth-order valence-corrected chi connectivity index (χ4v) is 5.30. The zero-order chi connectivity index (χ0) is 28.2. The number of hydrogen-bond donors (Lipinski definition) is 0. The zero-order valence-electron chi connectivity index (χ0n) is 24.4. The van der Waals surface area contributed by atoms with Gasteiger partial charge in [-0.1, -0.05) is 59.7 Å². The maximum absolute atomic E-state index is 6.51. The van der Waals surface area contributed by atoms with E-state index in [1.54, 1.807) is 0 Å². The predicted octanol–water partition coefficient (Wildman–Crippen LogP) is 8.14. The van der Waals surface area contributed by atoms with Gasteiger partial charge in [0.05, 0.1) is 23.3 Å². The van der Waals surface area contributed by atoms with Crippen molar-refractivity contribution >= 4 is 27.5 Å². The molecule has 2 aromatic carbocycles. The lowest BCUT2D eigenvalue weighted by Crippen LogP contribution is -2.32. The molecule has 6 rings (SSSR count). The van der Waals surface area contributed by atoms with E-state index in [4.69, 9.17) is 14.7 Å². The summed E-state index contributed by atoms with van der Waals surface area (Å²) in [7, 11) is 2.06. The number of rotatable bonds is 4. The molecule has 4 heterocycles. The minimum atomic E-state index is -0.0343. The van der Waals surface area contributed by atoms with Crippen LogP contribution in [0, 0.1) is 0 Å². The molecule has 3 aromatic heterocycles. The normalized spacial score (nSPS) is 14.1. The lowest BCUT2D eigenvalue weighted by molar-refractivity contribution is 0.445.